The second kappa shape index (κ2) is 5.84. The fourth-order valence-corrected chi connectivity index (χ4v) is 2.29. The van der Waals surface area contributed by atoms with Gasteiger partial charge in [-0.3, -0.25) is 0 Å². The van der Waals surface area contributed by atoms with Gasteiger partial charge < -0.3 is 15.8 Å². The van der Waals surface area contributed by atoms with Crippen molar-refractivity contribution in [2.75, 3.05) is 11.9 Å². The Morgan fingerprint density at radius 2 is 1.90 bits per heavy atom. The Balaban J connectivity index is 2.57. The van der Waals surface area contributed by atoms with Gasteiger partial charge in [-0.15, -0.1) is 0 Å². The molecule has 3 N–H and O–H groups in total. The van der Waals surface area contributed by atoms with Crippen LogP contribution in [0.2, 0.25) is 5.02 Å². The van der Waals surface area contributed by atoms with Crippen molar-refractivity contribution in [2.24, 2.45) is 10.9 Å². The Kier molecular flexibility index (Phi) is 4.15. The van der Waals surface area contributed by atoms with E-state index in [0.29, 0.717) is 10.6 Å². The van der Waals surface area contributed by atoms with E-state index in [4.69, 9.17) is 22.5 Å². The first kappa shape index (κ1) is 14.2. The molecule has 0 saturated carbocycles. The standard InChI is InChI=1S/C15H16ClN3O/c1-10-5-3-4-6-13(10)19(2)14-9-11(16)7-8-12(14)15(17)18-20/h3-9,20H,1-2H3,(H2,17,18). The molecule has 2 aromatic rings. The zero-order chi connectivity index (χ0) is 14.7. The van der Waals surface area contributed by atoms with Crippen LogP contribution in [0.15, 0.2) is 47.6 Å². The van der Waals surface area contributed by atoms with Crippen LogP contribution in [0, 0.1) is 6.92 Å². The predicted molar refractivity (Wildman–Crippen MR) is 83.2 cm³/mol. The summed E-state index contributed by atoms with van der Waals surface area (Å²) in [7, 11) is 1.92. The fraction of sp³-hybridized carbons (Fsp3) is 0.133. The van der Waals surface area contributed by atoms with Crippen LogP contribution in [0.1, 0.15) is 11.1 Å². The minimum Gasteiger partial charge on any atom is -0.409 e. The first-order chi connectivity index (χ1) is 9.54. The van der Waals surface area contributed by atoms with Crippen molar-refractivity contribution in [1.29, 1.82) is 0 Å². The molecule has 0 spiro atoms. The lowest BCUT2D eigenvalue weighted by Crippen LogP contribution is -2.20. The monoisotopic (exact) mass is 289 g/mol. The Labute approximate surface area is 123 Å². The Morgan fingerprint density at radius 1 is 1.20 bits per heavy atom. The zero-order valence-corrected chi connectivity index (χ0v) is 12.1. The summed E-state index contributed by atoms with van der Waals surface area (Å²) >= 11 is 6.07. The molecule has 104 valence electrons. The topological polar surface area (TPSA) is 61.8 Å². The SMILES string of the molecule is Cc1ccccc1N(C)c1cc(Cl)ccc1C(N)=NO. The largest absolute Gasteiger partial charge is 0.409 e. The molecule has 5 heteroatoms. The molecule has 0 aliphatic heterocycles. The molecule has 0 bridgehead atoms. The number of amidine groups is 1. The van der Waals surface area contributed by atoms with Crippen molar-refractivity contribution in [3.05, 3.63) is 58.6 Å². The molecule has 0 saturated heterocycles. The van der Waals surface area contributed by atoms with Crippen LogP contribution in [0.3, 0.4) is 0 Å². The molecule has 0 fully saturated rings. The number of para-hydroxylation sites is 1. The summed E-state index contributed by atoms with van der Waals surface area (Å²) in [6.45, 7) is 2.03. The molecule has 0 unspecified atom stereocenters. The van der Waals surface area contributed by atoms with Crippen molar-refractivity contribution in [3.8, 4) is 0 Å². The lowest BCUT2D eigenvalue weighted by atomic mass is 10.1. The Bertz CT molecular complexity index is 655. The molecule has 0 radical (unpaired) electrons. The molecule has 20 heavy (non-hydrogen) atoms. The van der Waals surface area contributed by atoms with Crippen LogP contribution >= 0.6 is 11.6 Å². The van der Waals surface area contributed by atoms with Crippen LogP contribution in [0.4, 0.5) is 11.4 Å². The summed E-state index contributed by atoms with van der Waals surface area (Å²) in [5.41, 5.74) is 9.29. The van der Waals surface area contributed by atoms with Crippen molar-refractivity contribution >= 4 is 28.8 Å². The van der Waals surface area contributed by atoms with Crippen molar-refractivity contribution in [2.45, 2.75) is 6.92 Å². The lowest BCUT2D eigenvalue weighted by molar-refractivity contribution is 0.318. The first-order valence-electron chi connectivity index (χ1n) is 6.11. The third-order valence-corrected chi connectivity index (χ3v) is 3.42. The van der Waals surface area contributed by atoms with Crippen LogP contribution in [0.5, 0.6) is 0 Å². The highest BCUT2D eigenvalue weighted by Gasteiger charge is 2.14. The van der Waals surface area contributed by atoms with Gasteiger partial charge in [0.25, 0.3) is 0 Å². The van der Waals surface area contributed by atoms with Gasteiger partial charge in [-0.2, -0.15) is 0 Å². The van der Waals surface area contributed by atoms with Crippen LogP contribution in [-0.2, 0) is 0 Å². The fourth-order valence-electron chi connectivity index (χ4n) is 2.12. The predicted octanol–water partition coefficient (Wildman–Crippen LogP) is 3.51. The van der Waals surface area contributed by atoms with E-state index in [9.17, 15) is 0 Å². The molecule has 0 amide bonds. The number of benzene rings is 2. The number of halogens is 1. The molecule has 0 aromatic heterocycles. The molecule has 2 rings (SSSR count). The molecule has 2 aromatic carbocycles. The number of nitrogens with zero attached hydrogens (tertiary/aromatic N) is 2. The number of rotatable bonds is 3. The van der Waals surface area contributed by atoms with E-state index in [2.05, 4.69) is 5.16 Å². The van der Waals surface area contributed by atoms with Crippen molar-refractivity contribution < 1.29 is 5.21 Å². The van der Waals surface area contributed by atoms with E-state index in [-0.39, 0.29) is 5.84 Å². The summed E-state index contributed by atoms with van der Waals surface area (Å²) in [4.78, 5) is 1.97. The average molecular weight is 290 g/mol. The zero-order valence-electron chi connectivity index (χ0n) is 11.3. The summed E-state index contributed by atoms with van der Waals surface area (Å²) in [5, 5.41) is 12.6. The van der Waals surface area contributed by atoms with E-state index in [1.807, 2.05) is 43.1 Å². The number of aryl methyl sites for hydroxylation is 1. The minimum atomic E-state index is 0.0529. The van der Waals surface area contributed by atoms with Gasteiger partial charge in [0.15, 0.2) is 5.84 Å². The molecule has 4 nitrogen and oxygen atoms in total. The number of nitrogens with two attached hydrogens (primary N) is 1. The van der Waals surface area contributed by atoms with Gasteiger partial charge in [0, 0.05) is 23.3 Å². The van der Waals surface area contributed by atoms with Gasteiger partial charge in [-0.1, -0.05) is 35.0 Å². The van der Waals surface area contributed by atoms with Gasteiger partial charge in [0.2, 0.25) is 0 Å². The second-order valence-electron chi connectivity index (χ2n) is 4.49. The van der Waals surface area contributed by atoms with Crippen LogP contribution < -0.4 is 10.6 Å². The average Bonchev–Trinajstić information content (AvgIpc) is 2.46. The molecule has 0 aliphatic carbocycles. The molecule has 0 heterocycles. The van der Waals surface area contributed by atoms with E-state index in [1.54, 1.807) is 18.2 Å². The summed E-state index contributed by atoms with van der Waals surface area (Å²) in [6, 6.07) is 13.2. The highest BCUT2D eigenvalue weighted by molar-refractivity contribution is 6.31. The third-order valence-electron chi connectivity index (χ3n) is 3.18. The quantitative estimate of drug-likeness (QED) is 0.393. The van der Waals surface area contributed by atoms with Crippen LogP contribution in [0.25, 0.3) is 0 Å². The number of hydrogen-bond acceptors (Lipinski definition) is 3. The normalized spacial score (nSPS) is 11.4. The lowest BCUT2D eigenvalue weighted by Gasteiger charge is -2.24. The first-order valence-corrected chi connectivity index (χ1v) is 6.49. The van der Waals surface area contributed by atoms with E-state index < -0.39 is 0 Å². The summed E-state index contributed by atoms with van der Waals surface area (Å²) in [5.74, 6) is 0.0529. The highest BCUT2D eigenvalue weighted by atomic mass is 35.5. The van der Waals surface area contributed by atoms with Gasteiger partial charge in [-0.25, -0.2) is 0 Å². The number of hydrogen-bond donors (Lipinski definition) is 2. The van der Waals surface area contributed by atoms with Gasteiger partial charge in [0.1, 0.15) is 0 Å². The smallest absolute Gasteiger partial charge is 0.172 e. The summed E-state index contributed by atoms with van der Waals surface area (Å²) < 4.78 is 0. The van der Waals surface area contributed by atoms with E-state index in [1.165, 1.54) is 0 Å². The van der Waals surface area contributed by atoms with E-state index >= 15 is 0 Å². The molecule has 0 aliphatic rings. The van der Waals surface area contributed by atoms with Gasteiger partial charge >= 0.3 is 0 Å². The highest BCUT2D eigenvalue weighted by Crippen LogP contribution is 2.31. The Morgan fingerprint density at radius 3 is 2.55 bits per heavy atom. The third kappa shape index (κ3) is 2.70. The molecule has 0 atom stereocenters. The maximum absolute atomic E-state index is 8.90. The molecular formula is C15H16ClN3O. The number of anilines is 2. The molecular weight excluding hydrogens is 274 g/mol. The second-order valence-corrected chi connectivity index (χ2v) is 4.93. The van der Waals surface area contributed by atoms with Crippen molar-refractivity contribution in [3.63, 3.8) is 0 Å². The Hall–Kier alpha value is -2.20. The van der Waals surface area contributed by atoms with Crippen molar-refractivity contribution in [1.82, 2.24) is 0 Å². The van der Waals surface area contributed by atoms with Gasteiger partial charge in [-0.05, 0) is 36.8 Å². The van der Waals surface area contributed by atoms with Crippen LogP contribution in [-0.4, -0.2) is 18.1 Å². The minimum absolute atomic E-state index is 0.0529. The summed E-state index contributed by atoms with van der Waals surface area (Å²) in [6.07, 6.45) is 0. The number of oxime groups is 1. The van der Waals surface area contributed by atoms with Gasteiger partial charge in [0.05, 0.1) is 5.69 Å². The maximum Gasteiger partial charge on any atom is 0.172 e. The van der Waals surface area contributed by atoms with E-state index in [0.717, 1.165) is 16.9 Å². The maximum atomic E-state index is 8.90.